The standard InChI is InChI=1S/C25H22O5/c1-17-4-8-20(9-5-17)25(27)30-23-15-7-18(16-24(23)29-3)6-14-22(26)19-10-12-21(28-2)13-11-19/h4-16H,1-3H3/b14-6+. The molecule has 0 aliphatic carbocycles. The van der Waals surface area contributed by atoms with Crippen LogP contribution in [0.15, 0.2) is 72.8 Å². The van der Waals surface area contributed by atoms with Crippen LogP contribution in [0, 0.1) is 6.92 Å². The number of ether oxygens (including phenoxy) is 3. The maximum absolute atomic E-state index is 12.4. The molecular weight excluding hydrogens is 380 g/mol. The molecule has 0 spiro atoms. The summed E-state index contributed by atoms with van der Waals surface area (Å²) in [5.41, 5.74) is 2.81. The summed E-state index contributed by atoms with van der Waals surface area (Å²) in [7, 11) is 3.07. The third-order valence-electron chi connectivity index (χ3n) is 4.48. The van der Waals surface area contributed by atoms with Crippen molar-refractivity contribution in [3.05, 3.63) is 95.1 Å². The van der Waals surface area contributed by atoms with Crippen LogP contribution >= 0.6 is 0 Å². The van der Waals surface area contributed by atoms with Crippen LogP contribution in [0.25, 0.3) is 6.08 Å². The van der Waals surface area contributed by atoms with Crippen LogP contribution in [0.3, 0.4) is 0 Å². The number of methoxy groups -OCH3 is 2. The number of benzene rings is 3. The van der Waals surface area contributed by atoms with Crippen molar-refractivity contribution >= 4 is 17.8 Å². The minimum Gasteiger partial charge on any atom is -0.497 e. The third-order valence-corrected chi connectivity index (χ3v) is 4.48. The molecule has 30 heavy (non-hydrogen) atoms. The van der Waals surface area contributed by atoms with Gasteiger partial charge < -0.3 is 14.2 Å². The van der Waals surface area contributed by atoms with E-state index in [4.69, 9.17) is 14.2 Å². The molecule has 3 aromatic rings. The lowest BCUT2D eigenvalue weighted by atomic mass is 10.1. The molecule has 0 aliphatic heterocycles. The van der Waals surface area contributed by atoms with E-state index in [-0.39, 0.29) is 5.78 Å². The summed E-state index contributed by atoms with van der Waals surface area (Å²) >= 11 is 0. The van der Waals surface area contributed by atoms with Crippen molar-refractivity contribution in [3.8, 4) is 17.2 Å². The monoisotopic (exact) mass is 402 g/mol. The average Bonchev–Trinajstić information content (AvgIpc) is 2.78. The summed E-state index contributed by atoms with van der Waals surface area (Å²) in [5.74, 6) is 0.796. The van der Waals surface area contributed by atoms with Crippen LogP contribution in [0.5, 0.6) is 17.2 Å². The van der Waals surface area contributed by atoms with Gasteiger partial charge in [-0.25, -0.2) is 4.79 Å². The molecule has 0 atom stereocenters. The summed E-state index contributed by atoms with van der Waals surface area (Å²) in [6.07, 6.45) is 3.16. The Kier molecular flexibility index (Phi) is 6.65. The SMILES string of the molecule is COc1ccc(C(=O)/C=C/c2ccc(OC(=O)c3ccc(C)cc3)c(OC)c2)cc1. The van der Waals surface area contributed by atoms with Crippen LogP contribution in [0.4, 0.5) is 0 Å². The molecular formula is C25H22O5. The molecule has 5 heteroatoms. The second kappa shape index (κ2) is 9.56. The molecule has 0 saturated carbocycles. The van der Waals surface area contributed by atoms with Crippen molar-refractivity contribution < 1.29 is 23.8 Å². The summed E-state index contributed by atoms with van der Waals surface area (Å²) in [5, 5.41) is 0. The molecule has 0 aliphatic rings. The second-order valence-corrected chi connectivity index (χ2v) is 6.59. The smallest absolute Gasteiger partial charge is 0.343 e. The van der Waals surface area contributed by atoms with Crippen molar-refractivity contribution in [2.24, 2.45) is 0 Å². The fourth-order valence-electron chi connectivity index (χ4n) is 2.74. The summed E-state index contributed by atoms with van der Waals surface area (Å²) < 4.78 is 15.9. The van der Waals surface area contributed by atoms with Gasteiger partial charge in [0.2, 0.25) is 0 Å². The van der Waals surface area contributed by atoms with Gasteiger partial charge in [-0.2, -0.15) is 0 Å². The molecule has 3 rings (SSSR count). The van der Waals surface area contributed by atoms with Crippen molar-refractivity contribution in [1.82, 2.24) is 0 Å². The van der Waals surface area contributed by atoms with Crippen LogP contribution in [-0.2, 0) is 0 Å². The average molecular weight is 402 g/mol. The largest absolute Gasteiger partial charge is 0.497 e. The minimum atomic E-state index is -0.466. The molecule has 3 aromatic carbocycles. The van der Waals surface area contributed by atoms with Gasteiger partial charge in [0, 0.05) is 5.56 Å². The Morgan fingerprint density at radius 2 is 1.43 bits per heavy atom. The Morgan fingerprint density at radius 1 is 0.767 bits per heavy atom. The van der Waals surface area contributed by atoms with Crippen LogP contribution in [-0.4, -0.2) is 26.0 Å². The van der Waals surface area contributed by atoms with Gasteiger partial charge >= 0.3 is 5.97 Å². The molecule has 0 N–H and O–H groups in total. The molecule has 0 radical (unpaired) electrons. The normalized spacial score (nSPS) is 10.6. The molecule has 0 fully saturated rings. The first-order chi connectivity index (χ1) is 14.5. The predicted molar refractivity (Wildman–Crippen MR) is 115 cm³/mol. The summed E-state index contributed by atoms with van der Waals surface area (Å²) in [4.78, 5) is 24.7. The van der Waals surface area contributed by atoms with Gasteiger partial charge in [-0.1, -0.05) is 29.8 Å². The molecule has 0 saturated heterocycles. The number of aryl methyl sites for hydroxylation is 1. The van der Waals surface area contributed by atoms with E-state index >= 15 is 0 Å². The van der Waals surface area contributed by atoms with E-state index in [0.29, 0.717) is 28.4 Å². The zero-order valence-corrected chi connectivity index (χ0v) is 17.0. The highest BCUT2D eigenvalue weighted by atomic mass is 16.6. The predicted octanol–water partition coefficient (Wildman–Crippen LogP) is 5.13. The van der Waals surface area contributed by atoms with Crippen LogP contribution in [0.1, 0.15) is 31.8 Å². The van der Waals surface area contributed by atoms with Gasteiger partial charge in [0.15, 0.2) is 17.3 Å². The number of esters is 1. The van der Waals surface area contributed by atoms with E-state index in [1.165, 1.54) is 13.2 Å². The first-order valence-electron chi connectivity index (χ1n) is 9.33. The van der Waals surface area contributed by atoms with Crippen LogP contribution < -0.4 is 14.2 Å². The lowest BCUT2D eigenvalue weighted by Gasteiger charge is -2.10. The highest BCUT2D eigenvalue weighted by Crippen LogP contribution is 2.29. The van der Waals surface area contributed by atoms with E-state index in [2.05, 4.69) is 0 Å². The van der Waals surface area contributed by atoms with Crippen molar-refractivity contribution in [2.45, 2.75) is 6.92 Å². The summed E-state index contributed by atoms with van der Waals surface area (Å²) in [6.45, 7) is 1.95. The summed E-state index contributed by atoms with van der Waals surface area (Å²) in [6, 6.07) is 19.1. The van der Waals surface area contributed by atoms with Gasteiger partial charge in [-0.3, -0.25) is 4.79 Å². The van der Waals surface area contributed by atoms with Gasteiger partial charge in [-0.05, 0) is 67.1 Å². The van der Waals surface area contributed by atoms with Gasteiger partial charge in [0.25, 0.3) is 0 Å². The topological polar surface area (TPSA) is 61.8 Å². The van der Waals surface area contributed by atoms with E-state index in [9.17, 15) is 9.59 Å². The quantitative estimate of drug-likeness (QED) is 0.237. The number of carbonyl (C=O) groups is 2. The Hall–Kier alpha value is -3.86. The van der Waals surface area contributed by atoms with Gasteiger partial charge in [0.1, 0.15) is 5.75 Å². The number of ketones is 1. The molecule has 0 aromatic heterocycles. The van der Waals surface area contributed by atoms with Crippen molar-refractivity contribution in [1.29, 1.82) is 0 Å². The minimum absolute atomic E-state index is 0.133. The Morgan fingerprint density at radius 3 is 2.07 bits per heavy atom. The van der Waals surface area contributed by atoms with E-state index in [0.717, 1.165) is 11.1 Å². The van der Waals surface area contributed by atoms with E-state index < -0.39 is 5.97 Å². The number of carbonyl (C=O) groups excluding carboxylic acids is 2. The van der Waals surface area contributed by atoms with Gasteiger partial charge in [0.05, 0.1) is 19.8 Å². The highest BCUT2D eigenvalue weighted by Gasteiger charge is 2.12. The zero-order chi connectivity index (χ0) is 21.5. The molecule has 5 nitrogen and oxygen atoms in total. The Balaban J connectivity index is 1.72. The first kappa shape index (κ1) is 20.9. The van der Waals surface area contributed by atoms with Crippen LogP contribution in [0.2, 0.25) is 0 Å². The maximum atomic E-state index is 12.4. The Bertz CT molecular complexity index is 1060. The molecule has 0 bridgehead atoms. The number of allylic oxidation sites excluding steroid dienone is 1. The molecule has 0 heterocycles. The number of hydrogen-bond donors (Lipinski definition) is 0. The third kappa shape index (κ3) is 5.14. The number of hydrogen-bond acceptors (Lipinski definition) is 5. The lowest BCUT2D eigenvalue weighted by molar-refractivity contribution is 0.0729. The fourth-order valence-corrected chi connectivity index (χ4v) is 2.74. The number of rotatable bonds is 7. The highest BCUT2D eigenvalue weighted by molar-refractivity contribution is 6.06. The lowest BCUT2D eigenvalue weighted by Crippen LogP contribution is -2.09. The molecule has 152 valence electrons. The first-order valence-corrected chi connectivity index (χ1v) is 9.33. The zero-order valence-electron chi connectivity index (χ0n) is 17.0. The fraction of sp³-hybridized carbons (Fsp3) is 0.120. The maximum Gasteiger partial charge on any atom is 0.343 e. The molecule has 0 amide bonds. The van der Waals surface area contributed by atoms with E-state index in [1.807, 2.05) is 19.1 Å². The Labute approximate surface area is 175 Å². The van der Waals surface area contributed by atoms with Gasteiger partial charge in [-0.15, -0.1) is 0 Å². The molecule has 0 unspecified atom stereocenters. The van der Waals surface area contributed by atoms with E-state index in [1.54, 1.807) is 67.8 Å². The second-order valence-electron chi connectivity index (χ2n) is 6.59. The van der Waals surface area contributed by atoms with Crippen molar-refractivity contribution in [2.75, 3.05) is 14.2 Å². The van der Waals surface area contributed by atoms with Crippen molar-refractivity contribution in [3.63, 3.8) is 0 Å².